The molecule has 9 heteroatoms. The van der Waals surface area contributed by atoms with Gasteiger partial charge in [-0.2, -0.15) is 0 Å². The van der Waals surface area contributed by atoms with Gasteiger partial charge in [0, 0.05) is 22.8 Å². The summed E-state index contributed by atoms with van der Waals surface area (Å²) in [5.41, 5.74) is 0. The minimum atomic E-state index is -0.357. The van der Waals surface area contributed by atoms with Gasteiger partial charge in [-0.15, -0.1) is 22.7 Å². The van der Waals surface area contributed by atoms with E-state index in [-0.39, 0.29) is 24.8 Å². The second-order valence-electron chi connectivity index (χ2n) is 7.48. The molecule has 1 N–H and O–H groups in total. The number of rotatable bonds is 10. The van der Waals surface area contributed by atoms with Gasteiger partial charge in [0.15, 0.2) is 0 Å². The molecule has 1 unspecified atom stereocenters. The number of amides is 3. The van der Waals surface area contributed by atoms with E-state index < -0.39 is 0 Å². The number of urea groups is 1. The van der Waals surface area contributed by atoms with Crippen molar-refractivity contribution in [1.29, 1.82) is 0 Å². The molecule has 0 radical (unpaired) electrons. The molecule has 3 amide bonds. The van der Waals surface area contributed by atoms with Crippen LogP contribution in [0.5, 0.6) is 0 Å². The number of unbranched alkanes of at least 4 members (excludes halogenated alkanes) is 1. The Hall–Kier alpha value is -2.10. The number of nitrogens with one attached hydrogen (secondary N) is 1. The highest BCUT2D eigenvalue weighted by Gasteiger charge is 2.23. The number of morpholine rings is 1. The molecule has 0 bridgehead atoms. The molecule has 0 saturated carbocycles. The Morgan fingerprint density at radius 2 is 1.81 bits per heavy atom. The molecule has 2 aromatic heterocycles. The van der Waals surface area contributed by atoms with Gasteiger partial charge in [-0.25, -0.2) is 9.59 Å². The van der Waals surface area contributed by atoms with Crippen LogP contribution in [0, 0.1) is 0 Å². The molecule has 1 aliphatic heterocycles. The molecular weight excluding hydrogens is 434 g/mol. The first-order valence-electron chi connectivity index (χ1n) is 10.8. The van der Waals surface area contributed by atoms with Crippen LogP contribution in [0.25, 0.3) is 0 Å². The first kappa shape index (κ1) is 23.6. The maximum absolute atomic E-state index is 12.9. The van der Waals surface area contributed by atoms with E-state index in [1.165, 1.54) is 0 Å². The second-order valence-corrected chi connectivity index (χ2v) is 9.54. The lowest BCUT2D eigenvalue weighted by Gasteiger charge is -2.29. The Labute approximate surface area is 191 Å². The van der Waals surface area contributed by atoms with Crippen LogP contribution in [0.2, 0.25) is 0 Å². The van der Waals surface area contributed by atoms with Crippen molar-refractivity contribution < 1.29 is 19.1 Å². The van der Waals surface area contributed by atoms with E-state index in [1.54, 1.807) is 32.5 Å². The molecule has 1 aliphatic rings. The standard InChI is InChI=1S/C22H31N3O4S2/c1-2-3-6-18(23-21(26)24-9-11-28-12-10-24)17-29-22(27)25(15-19-7-4-13-30-19)16-20-8-5-14-31-20/h4-5,7-8,13-14,18H,2-3,6,9-12,15-17H2,1H3,(H,23,26). The van der Waals surface area contributed by atoms with E-state index in [0.29, 0.717) is 39.4 Å². The fraction of sp³-hybridized carbons (Fsp3) is 0.545. The van der Waals surface area contributed by atoms with Gasteiger partial charge in [0.1, 0.15) is 6.61 Å². The van der Waals surface area contributed by atoms with E-state index >= 15 is 0 Å². The van der Waals surface area contributed by atoms with Crippen molar-refractivity contribution in [1.82, 2.24) is 15.1 Å². The highest BCUT2D eigenvalue weighted by atomic mass is 32.1. The van der Waals surface area contributed by atoms with E-state index in [2.05, 4.69) is 12.2 Å². The number of hydrogen-bond donors (Lipinski definition) is 1. The molecule has 0 aliphatic carbocycles. The first-order valence-corrected chi connectivity index (χ1v) is 12.5. The van der Waals surface area contributed by atoms with Crippen molar-refractivity contribution >= 4 is 34.8 Å². The highest BCUT2D eigenvalue weighted by Crippen LogP contribution is 2.18. The molecule has 1 fully saturated rings. The second kappa shape index (κ2) is 12.7. The smallest absolute Gasteiger partial charge is 0.410 e. The zero-order valence-corrected chi connectivity index (χ0v) is 19.6. The van der Waals surface area contributed by atoms with Gasteiger partial charge in [0.05, 0.1) is 32.3 Å². The lowest BCUT2D eigenvalue weighted by molar-refractivity contribution is 0.0503. The van der Waals surface area contributed by atoms with Crippen molar-refractivity contribution in [2.75, 3.05) is 32.9 Å². The number of nitrogens with zero attached hydrogens (tertiary/aromatic N) is 2. The lowest BCUT2D eigenvalue weighted by Crippen LogP contribution is -2.50. The van der Waals surface area contributed by atoms with E-state index in [4.69, 9.17) is 9.47 Å². The minimum Gasteiger partial charge on any atom is -0.447 e. The summed E-state index contributed by atoms with van der Waals surface area (Å²) in [6.07, 6.45) is 2.39. The van der Waals surface area contributed by atoms with Crippen molar-refractivity contribution in [3.05, 3.63) is 44.8 Å². The summed E-state index contributed by atoms with van der Waals surface area (Å²) < 4.78 is 11.0. The molecule has 1 saturated heterocycles. The third kappa shape index (κ3) is 7.83. The molecule has 0 spiro atoms. The molecule has 7 nitrogen and oxygen atoms in total. The highest BCUT2D eigenvalue weighted by molar-refractivity contribution is 7.10. The zero-order valence-electron chi connectivity index (χ0n) is 18.0. The van der Waals surface area contributed by atoms with Crippen LogP contribution in [0.4, 0.5) is 9.59 Å². The summed E-state index contributed by atoms with van der Waals surface area (Å²) in [5, 5.41) is 7.06. The molecule has 3 rings (SSSR count). The van der Waals surface area contributed by atoms with Crippen LogP contribution in [-0.4, -0.2) is 60.9 Å². The zero-order chi connectivity index (χ0) is 21.9. The fourth-order valence-corrected chi connectivity index (χ4v) is 4.75. The summed E-state index contributed by atoms with van der Waals surface area (Å²) in [5.74, 6) is 0. The Morgan fingerprint density at radius 3 is 2.35 bits per heavy atom. The Kier molecular flexibility index (Phi) is 9.64. The topological polar surface area (TPSA) is 71.1 Å². The van der Waals surface area contributed by atoms with Gasteiger partial charge in [-0.1, -0.05) is 31.9 Å². The Morgan fingerprint density at radius 1 is 1.16 bits per heavy atom. The Bertz CT molecular complexity index is 741. The average molecular weight is 466 g/mol. The predicted octanol–water partition coefficient (Wildman–Crippen LogP) is 4.55. The fourth-order valence-electron chi connectivity index (χ4n) is 3.31. The number of carbonyl (C=O) groups is 2. The van der Waals surface area contributed by atoms with Gasteiger partial charge in [-0.3, -0.25) is 4.90 Å². The van der Waals surface area contributed by atoms with Gasteiger partial charge < -0.3 is 19.7 Å². The van der Waals surface area contributed by atoms with Gasteiger partial charge in [0.25, 0.3) is 0 Å². The maximum Gasteiger partial charge on any atom is 0.410 e. The molecule has 1 atom stereocenters. The summed E-state index contributed by atoms with van der Waals surface area (Å²) in [6.45, 7) is 5.58. The van der Waals surface area contributed by atoms with Crippen LogP contribution in [0.3, 0.4) is 0 Å². The summed E-state index contributed by atoms with van der Waals surface area (Å²) in [6, 6.07) is 7.68. The van der Waals surface area contributed by atoms with Crippen LogP contribution in [0.15, 0.2) is 35.0 Å². The van der Waals surface area contributed by atoms with Crippen LogP contribution in [-0.2, 0) is 22.6 Å². The van der Waals surface area contributed by atoms with E-state index in [0.717, 1.165) is 29.0 Å². The average Bonchev–Trinajstić information content (AvgIpc) is 3.50. The SMILES string of the molecule is CCCCC(COC(=O)N(Cc1cccs1)Cc1cccs1)NC(=O)N1CCOCC1. The number of thiophene rings is 2. The van der Waals surface area contributed by atoms with Crippen LogP contribution >= 0.6 is 22.7 Å². The number of ether oxygens (including phenoxy) is 2. The summed E-state index contributed by atoms with van der Waals surface area (Å²) >= 11 is 3.24. The monoisotopic (exact) mass is 465 g/mol. The summed E-state index contributed by atoms with van der Waals surface area (Å²) in [4.78, 5) is 31.2. The van der Waals surface area contributed by atoms with E-state index in [9.17, 15) is 9.59 Å². The van der Waals surface area contributed by atoms with Gasteiger partial charge >= 0.3 is 12.1 Å². The lowest BCUT2D eigenvalue weighted by atomic mass is 10.1. The van der Waals surface area contributed by atoms with Gasteiger partial charge in [0.2, 0.25) is 0 Å². The first-order chi connectivity index (χ1) is 15.2. The van der Waals surface area contributed by atoms with Crippen LogP contribution in [0.1, 0.15) is 35.9 Å². The third-order valence-corrected chi connectivity index (χ3v) is 6.77. The maximum atomic E-state index is 12.9. The van der Waals surface area contributed by atoms with Crippen LogP contribution < -0.4 is 5.32 Å². The molecule has 0 aromatic carbocycles. The largest absolute Gasteiger partial charge is 0.447 e. The van der Waals surface area contributed by atoms with Crippen molar-refractivity contribution in [2.45, 2.75) is 45.3 Å². The molecule has 3 heterocycles. The predicted molar refractivity (Wildman–Crippen MR) is 123 cm³/mol. The normalized spacial score (nSPS) is 14.8. The summed E-state index contributed by atoms with van der Waals surface area (Å²) in [7, 11) is 0. The van der Waals surface area contributed by atoms with E-state index in [1.807, 2.05) is 35.0 Å². The molecule has 2 aromatic rings. The number of carbonyl (C=O) groups excluding carboxylic acids is 2. The molecule has 31 heavy (non-hydrogen) atoms. The van der Waals surface area contributed by atoms with Crippen molar-refractivity contribution in [3.8, 4) is 0 Å². The van der Waals surface area contributed by atoms with Crippen molar-refractivity contribution in [2.24, 2.45) is 0 Å². The van der Waals surface area contributed by atoms with Gasteiger partial charge in [-0.05, 0) is 29.3 Å². The Balaban J connectivity index is 1.57. The molecular formula is C22H31N3O4S2. The minimum absolute atomic E-state index is 0.116. The quantitative estimate of drug-likeness (QED) is 0.559. The van der Waals surface area contributed by atoms with Crippen molar-refractivity contribution in [3.63, 3.8) is 0 Å². The molecule has 170 valence electrons. The number of hydrogen-bond acceptors (Lipinski definition) is 6. The third-order valence-electron chi connectivity index (χ3n) is 5.05.